The molecule has 2 aromatic heterocycles. The second kappa shape index (κ2) is 5.43. The first-order valence-electron chi connectivity index (χ1n) is 6.52. The van der Waals surface area contributed by atoms with Gasteiger partial charge < -0.3 is 10.3 Å². The van der Waals surface area contributed by atoms with E-state index < -0.39 is 0 Å². The number of nitrogens with two attached hydrogens (primary N) is 1. The number of rotatable bonds is 4. The molecule has 0 aliphatic rings. The van der Waals surface area contributed by atoms with Gasteiger partial charge in [-0.25, -0.2) is 0 Å². The quantitative estimate of drug-likeness (QED) is 0.748. The zero-order valence-electron chi connectivity index (χ0n) is 11.0. The van der Waals surface area contributed by atoms with E-state index in [1.54, 1.807) is 0 Å². The lowest BCUT2D eigenvalue weighted by atomic mass is 10.1. The first-order chi connectivity index (χ1) is 9.75. The van der Waals surface area contributed by atoms with Crippen LogP contribution in [-0.2, 0) is 13.0 Å². The molecule has 100 valence electrons. The van der Waals surface area contributed by atoms with Gasteiger partial charge in [0.25, 0.3) is 0 Å². The van der Waals surface area contributed by atoms with Gasteiger partial charge in [0, 0.05) is 41.6 Å². The molecular weight excluding hydrogens is 266 g/mol. The van der Waals surface area contributed by atoms with Crippen LogP contribution < -0.4 is 5.73 Å². The second-order valence-corrected chi connectivity index (χ2v) is 5.16. The fourth-order valence-electron chi connectivity index (χ4n) is 2.43. The predicted octanol–water partition coefficient (Wildman–Crippen LogP) is 2.91. The lowest BCUT2D eigenvalue weighted by Crippen LogP contribution is -2.09. The monoisotopic (exact) mass is 281 g/mol. The van der Waals surface area contributed by atoms with Crippen LogP contribution in [0.3, 0.4) is 0 Å². The average Bonchev–Trinajstić information content (AvgIpc) is 2.89. The van der Waals surface area contributed by atoms with Crippen molar-refractivity contribution in [2.45, 2.75) is 13.0 Å². The summed E-state index contributed by atoms with van der Waals surface area (Å²) in [6.45, 7) is 0.925. The molecule has 0 saturated carbocycles. The molecule has 0 unspecified atom stereocenters. The normalized spacial score (nSPS) is 10.8. The zero-order valence-corrected chi connectivity index (χ0v) is 11.8. The van der Waals surface area contributed by atoms with Crippen molar-refractivity contribution in [3.8, 4) is 0 Å². The largest absolute Gasteiger partial charge is 0.389 e. The van der Waals surface area contributed by atoms with Gasteiger partial charge in [0.05, 0.1) is 0 Å². The number of thiocarbonyl (C=S) groups is 1. The number of nitrogens with zero attached hydrogens (tertiary/aromatic N) is 2. The van der Waals surface area contributed by atoms with Crippen LogP contribution in [0.1, 0.15) is 11.1 Å². The van der Waals surface area contributed by atoms with E-state index in [1.807, 2.05) is 36.7 Å². The highest BCUT2D eigenvalue weighted by molar-refractivity contribution is 7.80. The fraction of sp³-hybridized carbons (Fsp3) is 0.125. The third-order valence-corrected chi connectivity index (χ3v) is 3.69. The maximum Gasteiger partial charge on any atom is 0.104 e. The Morgan fingerprint density at radius 2 is 1.95 bits per heavy atom. The topological polar surface area (TPSA) is 43.8 Å². The molecule has 3 rings (SSSR count). The molecule has 0 amide bonds. The lowest BCUT2D eigenvalue weighted by molar-refractivity contribution is 0.722. The van der Waals surface area contributed by atoms with Gasteiger partial charge in [0.15, 0.2) is 0 Å². The summed E-state index contributed by atoms with van der Waals surface area (Å²) >= 11 is 5.10. The van der Waals surface area contributed by atoms with Crippen molar-refractivity contribution in [2.24, 2.45) is 5.73 Å². The smallest absolute Gasteiger partial charge is 0.104 e. The third kappa shape index (κ3) is 2.42. The molecule has 0 atom stereocenters. The van der Waals surface area contributed by atoms with Gasteiger partial charge in [0.1, 0.15) is 4.99 Å². The molecule has 0 spiro atoms. The van der Waals surface area contributed by atoms with E-state index in [1.165, 1.54) is 11.1 Å². The second-order valence-electron chi connectivity index (χ2n) is 4.72. The van der Waals surface area contributed by atoms with Crippen molar-refractivity contribution in [1.82, 2.24) is 9.55 Å². The molecule has 2 heterocycles. The summed E-state index contributed by atoms with van der Waals surface area (Å²) in [5.41, 5.74) is 9.17. The summed E-state index contributed by atoms with van der Waals surface area (Å²) in [5, 5.41) is 1.12. The Bertz CT molecular complexity index is 747. The molecule has 1 aromatic carbocycles. The molecule has 2 N–H and O–H groups in total. The molecule has 0 saturated heterocycles. The maximum absolute atomic E-state index is 5.77. The van der Waals surface area contributed by atoms with Gasteiger partial charge in [-0.05, 0) is 36.2 Å². The molecule has 0 aliphatic carbocycles. The van der Waals surface area contributed by atoms with Crippen LogP contribution in [-0.4, -0.2) is 14.5 Å². The maximum atomic E-state index is 5.77. The van der Waals surface area contributed by atoms with E-state index in [2.05, 4.69) is 27.9 Å². The number of fused-ring (bicyclic) bond motifs is 1. The minimum absolute atomic E-state index is 0.447. The Morgan fingerprint density at radius 1 is 1.15 bits per heavy atom. The summed E-state index contributed by atoms with van der Waals surface area (Å²) in [6, 6.07) is 12.2. The minimum Gasteiger partial charge on any atom is -0.389 e. The minimum atomic E-state index is 0.447. The van der Waals surface area contributed by atoms with E-state index in [0.717, 1.165) is 23.9 Å². The number of benzene rings is 1. The Kier molecular flexibility index (Phi) is 3.48. The average molecular weight is 281 g/mol. The molecule has 3 aromatic rings. The van der Waals surface area contributed by atoms with Crippen molar-refractivity contribution in [1.29, 1.82) is 0 Å². The van der Waals surface area contributed by atoms with Gasteiger partial charge in [0.2, 0.25) is 0 Å². The van der Waals surface area contributed by atoms with Gasteiger partial charge in [-0.1, -0.05) is 24.4 Å². The molecule has 0 aliphatic heterocycles. The van der Waals surface area contributed by atoms with Crippen molar-refractivity contribution in [3.63, 3.8) is 0 Å². The summed E-state index contributed by atoms with van der Waals surface area (Å²) in [6.07, 6.45) is 6.72. The number of aromatic nitrogens is 2. The van der Waals surface area contributed by atoms with Crippen LogP contribution in [0, 0.1) is 0 Å². The molecule has 0 bridgehead atoms. The molecule has 0 fully saturated rings. The molecule has 4 heteroatoms. The van der Waals surface area contributed by atoms with Crippen LogP contribution in [0.25, 0.3) is 10.9 Å². The highest BCUT2D eigenvalue weighted by Gasteiger charge is 2.07. The predicted molar refractivity (Wildman–Crippen MR) is 85.8 cm³/mol. The van der Waals surface area contributed by atoms with Crippen LogP contribution >= 0.6 is 12.2 Å². The van der Waals surface area contributed by atoms with E-state index >= 15 is 0 Å². The van der Waals surface area contributed by atoms with Crippen LogP contribution in [0.5, 0.6) is 0 Å². The summed E-state index contributed by atoms with van der Waals surface area (Å²) in [5.74, 6) is 0. The van der Waals surface area contributed by atoms with Gasteiger partial charge in [-0.15, -0.1) is 0 Å². The van der Waals surface area contributed by atoms with E-state index in [9.17, 15) is 0 Å². The van der Waals surface area contributed by atoms with Gasteiger partial charge in [-0.2, -0.15) is 0 Å². The number of hydrogen-bond acceptors (Lipinski definition) is 2. The van der Waals surface area contributed by atoms with Crippen molar-refractivity contribution in [2.75, 3.05) is 0 Å². The summed E-state index contributed by atoms with van der Waals surface area (Å²) in [4.78, 5) is 4.48. The van der Waals surface area contributed by atoms with Crippen molar-refractivity contribution < 1.29 is 0 Å². The Morgan fingerprint density at radius 3 is 2.70 bits per heavy atom. The Balaban J connectivity index is 1.90. The first kappa shape index (κ1) is 12.8. The molecule has 20 heavy (non-hydrogen) atoms. The number of hydrogen-bond donors (Lipinski definition) is 1. The van der Waals surface area contributed by atoms with Gasteiger partial charge in [-0.3, -0.25) is 4.98 Å². The Labute approximate surface area is 123 Å². The van der Waals surface area contributed by atoms with E-state index in [4.69, 9.17) is 18.0 Å². The number of aryl methyl sites for hydroxylation is 2. The molecule has 3 nitrogen and oxygen atoms in total. The lowest BCUT2D eigenvalue weighted by Gasteiger charge is -2.07. The first-order valence-corrected chi connectivity index (χ1v) is 6.93. The highest BCUT2D eigenvalue weighted by Crippen LogP contribution is 2.20. The van der Waals surface area contributed by atoms with Crippen LogP contribution in [0.15, 0.2) is 55.0 Å². The van der Waals surface area contributed by atoms with Crippen molar-refractivity contribution in [3.05, 3.63) is 66.1 Å². The molecular formula is C16H15N3S. The third-order valence-electron chi connectivity index (χ3n) is 3.47. The van der Waals surface area contributed by atoms with Crippen LogP contribution in [0.4, 0.5) is 0 Å². The van der Waals surface area contributed by atoms with E-state index in [0.29, 0.717) is 4.99 Å². The number of pyridine rings is 1. The fourth-order valence-corrected chi connectivity index (χ4v) is 2.61. The SMILES string of the molecule is NC(=S)c1cccc2c1ccn2CCc1ccncc1. The van der Waals surface area contributed by atoms with Crippen molar-refractivity contribution >= 4 is 28.1 Å². The summed E-state index contributed by atoms with van der Waals surface area (Å²) < 4.78 is 2.23. The molecule has 0 radical (unpaired) electrons. The van der Waals surface area contributed by atoms with Gasteiger partial charge >= 0.3 is 0 Å². The highest BCUT2D eigenvalue weighted by atomic mass is 32.1. The standard InChI is InChI=1S/C16H15N3S/c17-16(20)14-2-1-3-15-13(14)7-11-19(15)10-6-12-4-8-18-9-5-12/h1-5,7-9,11H,6,10H2,(H2,17,20). The zero-order chi connectivity index (χ0) is 13.9. The summed E-state index contributed by atoms with van der Waals surface area (Å²) in [7, 11) is 0. The van der Waals surface area contributed by atoms with E-state index in [-0.39, 0.29) is 0 Å². The van der Waals surface area contributed by atoms with Crippen LogP contribution in [0.2, 0.25) is 0 Å². The Hall–Kier alpha value is -2.20.